The minimum atomic E-state index is -0.769. The number of carbonyl (C=O) groups is 3. The number of unbranched alkanes of at least 4 members (excludes halogenated alkanes) is 24. The molecule has 0 aliphatic rings. The molecule has 0 fully saturated rings. The van der Waals surface area contributed by atoms with Crippen LogP contribution >= 0.6 is 0 Å². The molecule has 0 heterocycles. The maximum atomic E-state index is 12.7. The molecule has 346 valence electrons. The van der Waals surface area contributed by atoms with Gasteiger partial charge in [-0.05, 0) is 64.2 Å². The molecule has 1 unspecified atom stereocenters. The lowest BCUT2D eigenvalue weighted by atomic mass is 10.0. The van der Waals surface area contributed by atoms with Gasteiger partial charge in [0.25, 0.3) is 0 Å². The van der Waals surface area contributed by atoms with E-state index in [9.17, 15) is 14.4 Å². The highest BCUT2D eigenvalue weighted by atomic mass is 16.6. The second-order valence-corrected chi connectivity index (χ2v) is 16.7. The van der Waals surface area contributed by atoms with Crippen LogP contribution in [0.5, 0.6) is 0 Å². The van der Waals surface area contributed by atoms with Crippen molar-refractivity contribution >= 4 is 17.9 Å². The molecule has 60 heavy (non-hydrogen) atoms. The molecule has 6 nitrogen and oxygen atoms in total. The van der Waals surface area contributed by atoms with Gasteiger partial charge < -0.3 is 14.2 Å². The summed E-state index contributed by atoms with van der Waals surface area (Å²) in [5.74, 6) is -0.892. The van der Waals surface area contributed by atoms with Gasteiger partial charge in [-0.3, -0.25) is 14.4 Å². The molecule has 6 heteroatoms. The Bertz CT molecular complexity index is 1100. The van der Waals surface area contributed by atoms with E-state index in [2.05, 4.69) is 81.5 Å². The fraction of sp³-hybridized carbons (Fsp3) is 0.759. The molecule has 0 N–H and O–H groups in total. The Balaban J connectivity index is 4.09. The number of rotatable bonds is 45. The van der Waals surface area contributed by atoms with Gasteiger partial charge in [-0.25, -0.2) is 0 Å². The van der Waals surface area contributed by atoms with Gasteiger partial charge in [0.1, 0.15) is 13.2 Å². The second kappa shape index (κ2) is 48.8. The molecular weight excluding hydrogens is 745 g/mol. The predicted molar refractivity (Wildman–Crippen MR) is 256 cm³/mol. The zero-order valence-electron chi connectivity index (χ0n) is 39.5. The Labute approximate surface area is 370 Å². The average molecular weight is 839 g/mol. The van der Waals surface area contributed by atoms with Crippen molar-refractivity contribution in [1.82, 2.24) is 0 Å². The van der Waals surface area contributed by atoms with Crippen LogP contribution in [0.1, 0.15) is 245 Å². The summed E-state index contributed by atoms with van der Waals surface area (Å²) in [6.07, 6.45) is 59.6. The number of esters is 3. The van der Waals surface area contributed by atoms with Crippen molar-refractivity contribution in [1.29, 1.82) is 0 Å². The SMILES string of the molecule is CC/C=C\C/C=C\C/C=C\C/C=C\C/C=C\CCCCCCCCCCCC(=O)OCC(COC(=O)CCCCCCC)OC(=O)CCCCCCCCCCCCCC. The van der Waals surface area contributed by atoms with Gasteiger partial charge in [-0.15, -0.1) is 0 Å². The number of allylic oxidation sites excluding steroid dienone is 10. The van der Waals surface area contributed by atoms with Crippen LogP contribution in [-0.4, -0.2) is 37.2 Å². The minimum absolute atomic E-state index is 0.0748. The van der Waals surface area contributed by atoms with Gasteiger partial charge in [0.2, 0.25) is 0 Å². The summed E-state index contributed by atoms with van der Waals surface area (Å²) in [5.41, 5.74) is 0. The summed E-state index contributed by atoms with van der Waals surface area (Å²) >= 11 is 0. The van der Waals surface area contributed by atoms with E-state index in [1.807, 2.05) is 0 Å². The molecule has 0 saturated heterocycles. The summed E-state index contributed by atoms with van der Waals surface area (Å²) in [4.78, 5) is 37.6. The number of hydrogen-bond acceptors (Lipinski definition) is 6. The van der Waals surface area contributed by atoms with Crippen molar-refractivity contribution in [2.75, 3.05) is 13.2 Å². The quantitative estimate of drug-likeness (QED) is 0.0263. The van der Waals surface area contributed by atoms with Crippen molar-refractivity contribution in [3.8, 4) is 0 Å². The van der Waals surface area contributed by atoms with Crippen molar-refractivity contribution in [2.24, 2.45) is 0 Å². The van der Waals surface area contributed by atoms with Crippen LogP contribution in [0.2, 0.25) is 0 Å². The molecule has 0 amide bonds. The molecule has 1 atom stereocenters. The summed E-state index contributed by atoms with van der Waals surface area (Å²) in [5, 5.41) is 0. The summed E-state index contributed by atoms with van der Waals surface area (Å²) in [6.45, 7) is 6.43. The summed E-state index contributed by atoms with van der Waals surface area (Å²) < 4.78 is 16.6. The maximum absolute atomic E-state index is 12.7. The molecule has 0 bridgehead atoms. The highest BCUT2D eigenvalue weighted by Crippen LogP contribution is 2.15. The fourth-order valence-electron chi connectivity index (χ4n) is 7.00. The average Bonchev–Trinajstić information content (AvgIpc) is 3.24. The number of carbonyl (C=O) groups excluding carboxylic acids is 3. The van der Waals surface area contributed by atoms with Gasteiger partial charge in [-0.1, -0.05) is 223 Å². The lowest BCUT2D eigenvalue weighted by Crippen LogP contribution is -2.30. The number of hydrogen-bond donors (Lipinski definition) is 0. The molecular formula is C54H94O6. The molecule has 0 aromatic rings. The molecule has 0 saturated carbocycles. The van der Waals surface area contributed by atoms with Gasteiger partial charge in [-0.2, -0.15) is 0 Å². The molecule has 0 rings (SSSR count). The van der Waals surface area contributed by atoms with Crippen LogP contribution in [0, 0.1) is 0 Å². The standard InChI is InChI=1S/C54H94O6/c1-4-7-10-13-15-17-19-21-22-23-24-25-26-27-28-29-30-31-32-33-35-36-38-41-44-47-53(56)59-50-51(49-58-52(55)46-43-40-12-9-6-3)60-54(57)48-45-42-39-37-34-20-18-16-14-11-8-5-2/h7,10,15,17,21-22,24-25,27-28,51H,4-6,8-9,11-14,16,18-20,23,26,29-50H2,1-3H3/b10-7-,17-15-,22-21-,25-24-,28-27-. The fourth-order valence-corrected chi connectivity index (χ4v) is 7.00. The predicted octanol–water partition coefficient (Wildman–Crippen LogP) is 16.5. The third-order valence-corrected chi connectivity index (χ3v) is 10.8. The summed E-state index contributed by atoms with van der Waals surface area (Å²) in [6, 6.07) is 0. The molecule has 0 radical (unpaired) electrons. The monoisotopic (exact) mass is 839 g/mol. The maximum Gasteiger partial charge on any atom is 0.306 e. The van der Waals surface area contributed by atoms with E-state index in [1.165, 1.54) is 103 Å². The zero-order chi connectivity index (χ0) is 43.7. The lowest BCUT2D eigenvalue weighted by Gasteiger charge is -2.18. The topological polar surface area (TPSA) is 78.9 Å². The molecule has 0 aliphatic heterocycles. The Morgan fingerprint density at radius 1 is 0.350 bits per heavy atom. The third-order valence-electron chi connectivity index (χ3n) is 10.8. The van der Waals surface area contributed by atoms with Crippen molar-refractivity contribution in [3.05, 3.63) is 60.8 Å². The molecule has 0 aromatic carbocycles. The van der Waals surface area contributed by atoms with Gasteiger partial charge in [0.05, 0.1) is 0 Å². The first-order valence-corrected chi connectivity index (χ1v) is 25.3. The van der Waals surface area contributed by atoms with E-state index in [-0.39, 0.29) is 31.1 Å². The van der Waals surface area contributed by atoms with E-state index in [0.717, 1.165) is 103 Å². The van der Waals surface area contributed by atoms with Crippen LogP contribution in [0.25, 0.3) is 0 Å². The van der Waals surface area contributed by atoms with E-state index in [0.29, 0.717) is 19.3 Å². The normalized spacial score (nSPS) is 12.5. The minimum Gasteiger partial charge on any atom is -0.462 e. The Morgan fingerprint density at radius 3 is 1.02 bits per heavy atom. The number of ether oxygens (including phenoxy) is 3. The Morgan fingerprint density at radius 2 is 0.650 bits per heavy atom. The smallest absolute Gasteiger partial charge is 0.306 e. The van der Waals surface area contributed by atoms with Crippen LogP contribution in [0.4, 0.5) is 0 Å². The van der Waals surface area contributed by atoms with Crippen molar-refractivity contribution < 1.29 is 28.6 Å². The van der Waals surface area contributed by atoms with Crippen LogP contribution in [0.3, 0.4) is 0 Å². The third kappa shape index (κ3) is 46.2. The van der Waals surface area contributed by atoms with Crippen molar-refractivity contribution in [2.45, 2.75) is 252 Å². The van der Waals surface area contributed by atoms with Crippen molar-refractivity contribution in [3.63, 3.8) is 0 Å². The first-order chi connectivity index (χ1) is 29.5. The van der Waals surface area contributed by atoms with Gasteiger partial charge in [0.15, 0.2) is 6.10 Å². The van der Waals surface area contributed by atoms with E-state index >= 15 is 0 Å². The summed E-state index contributed by atoms with van der Waals surface area (Å²) in [7, 11) is 0. The van der Waals surface area contributed by atoms with Crippen LogP contribution in [-0.2, 0) is 28.6 Å². The van der Waals surface area contributed by atoms with Gasteiger partial charge >= 0.3 is 17.9 Å². The second-order valence-electron chi connectivity index (χ2n) is 16.7. The van der Waals surface area contributed by atoms with Crippen LogP contribution in [0.15, 0.2) is 60.8 Å². The molecule has 0 aromatic heterocycles. The first-order valence-electron chi connectivity index (χ1n) is 25.3. The van der Waals surface area contributed by atoms with Crippen LogP contribution < -0.4 is 0 Å². The van der Waals surface area contributed by atoms with E-state index < -0.39 is 6.10 Å². The van der Waals surface area contributed by atoms with E-state index in [4.69, 9.17) is 14.2 Å². The largest absolute Gasteiger partial charge is 0.462 e. The van der Waals surface area contributed by atoms with E-state index in [1.54, 1.807) is 0 Å². The Hall–Kier alpha value is -2.89. The highest BCUT2D eigenvalue weighted by molar-refractivity contribution is 5.71. The van der Waals surface area contributed by atoms with Gasteiger partial charge in [0, 0.05) is 19.3 Å². The zero-order valence-corrected chi connectivity index (χ0v) is 39.5. The Kier molecular flexibility index (Phi) is 46.4. The lowest BCUT2D eigenvalue weighted by molar-refractivity contribution is -0.167. The highest BCUT2D eigenvalue weighted by Gasteiger charge is 2.19. The molecule has 0 spiro atoms. The first kappa shape index (κ1) is 57.1. The molecule has 0 aliphatic carbocycles.